The Morgan fingerprint density at radius 1 is 0.889 bits per heavy atom. The largest absolute Gasteiger partial charge is 0.548 e. The Labute approximate surface area is 314 Å². The third-order valence-corrected chi connectivity index (χ3v) is 11.5. The lowest BCUT2D eigenvalue weighted by Gasteiger charge is -2.22. The third kappa shape index (κ3) is 9.10. The summed E-state index contributed by atoms with van der Waals surface area (Å²) in [6.45, 7) is 0.0332. The van der Waals surface area contributed by atoms with Crippen LogP contribution >= 0.6 is 11.8 Å². The summed E-state index contributed by atoms with van der Waals surface area (Å²) < 4.78 is 14.6. The summed E-state index contributed by atoms with van der Waals surface area (Å²) in [6, 6.07) is -1.78. The third-order valence-electron chi connectivity index (χ3n) is 9.00. The number of carbonyl (C=O) groups is 2. The Hall–Kier alpha value is -3.98. The fourth-order valence-corrected chi connectivity index (χ4v) is 8.08. The predicted molar refractivity (Wildman–Crippen MR) is 194 cm³/mol. The van der Waals surface area contributed by atoms with Crippen LogP contribution in [0.15, 0.2) is 25.3 Å². The zero-order valence-electron chi connectivity index (χ0n) is 29.2. The van der Waals surface area contributed by atoms with Gasteiger partial charge in [0, 0.05) is 19.0 Å². The molecule has 6 heterocycles. The maximum atomic E-state index is 11.2. The van der Waals surface area contributed by atoms with Crippen LogP contribution in [0, 0.1) is 0 Å². The van der Waals surface area contributed by atoms with Crippen molar-refractivity contribution >= 4 is 68.6 Å². The van der Waals surface area contributed by atoms with E-state index in [1.54, 1.807) is 0 Å². The molecule has 0 aromatic carbocycles. The number of nitrogens with zero attached hydrogens (tertiary/aromatic N) is 8. The van der Waals surface area contributed by atoms with E-state index in [-0.39, 0.29) is 29.1 Å². The maximum absolute atomic E-state index is 11.2. The molecule has 0 spiro atoms. The van der Waals surface area contributed by atoms with Crippen molar-refractivity contribution in [2.24, 2.45) is 5.73 Å². The van der Waals surface area contributed by atoms with E-state index in [1.807, 2.05) is 12.5 Å². The first-order valence-corrected chi connectivity index (χ1v) is 20.0. The van der Waals surface area contributed by atoms with E-state index < -0.39 is 73.1 Å². The SMILES string of the molecule is CSCC[C@H](NC[C@H]1O[C@@H](n2cnc3c(N)ncnc32)[C@H](O)[C@@H]1O)C(=O)[O-].C[S+](CC[C@H](N)C(=O)O)C[C@H]1O[C@@H](n2cnc3c(N)ncnc32)[C@H](O)[C@@H]1O. The van der Waals surface area contributed by atoms with Gasteiger partial charge in [-0.3, -0.25) is 13.9 Å². The lowest BCUT2D eigenvalue weighted by atomic mass is 10.1. The molecule has 4 aromatic rings. The molecule has 2 aliphatic rings. The molecule has 1 unspecified atom stereocenters. The number of hydrogen-bond acceptors (Lipinski definition) is 20. The van der Waals surface area contributed by atoms with Gasteiger partial charge in [-0.25, -0.2) is 29.9 Å². The molecule has 11 atom stereocenters. The fraction of sp³-hybridized carbons (Fsp3) is 0.600. The number of nitrogen functional groups attached to an aromatic ring is 2. The highest BCUT2D eigenvalue weighted by Gasteiger charge is 2.47. The molecule has 0 radical (unpaired) electrons. The van der Waals surface area contributed by atoms with Gasteiger partial charge >= 0.3 is 5.97 Å². The van der Waals surface area contributed by atoms with E-state index >= 15 is 0 Å². The van der Waals surface area contributed by atoms with Crippen molar-refractivity contribution in [2.45, 2.75) is 74.0 Å². The average molecular weight is 797 g/mol. The van der Waals surface area contributed by atoms with Crippen molar-refractivity contribution in [3.8, 4) is 0 Å². The molecular formula is C30H44N12O10S2. The van der Waals surface area contributed by atoms with Gasteiger partial charge in [0.25, 0.3) is 0 Å². The number of thioether (sulfide) groups is 1. The maximum Gasteiger partial charge on any atom is 0.320 e. The number of carboxylic acid groups (broad SMARTS) is 2. The fourth-order valence-electron chi connectivity index (χ4n) is 5.95. The number of anilines is 2. The van der Waals surface area contributed by atoms with Gasteiger partial charge in [0.1, 0.15) is 77.9 Å². The molecule has 2 aliphatic heterocycles. The van der Waals surface area contributed by atoms with Crippen LogP contribution in [0.2, 0.25) is 0 Å². The van der Waals surface area contributed by atoms with Gasteiger partial charge in [-0.05, 0) is 29.3 Å². The summed E-state index contributed by atoms with van der Waals surface area (Å²) in [7, 11) is -0.235. The van der Waals surface area contributed by atoms with Gasteiger partial charge < -0.3 is 67.4 Å². The Morgan fingerprint density at radius 3 is 1.91 bits per heavy atom. The summed E-state index contributed by atoms with van der Waals surface area (Å²) in [6.07, 6.45) is 1.99. The minimum Gasteiger partial charge on any atom is -0.548 e. The van der Waals surface area contributed by atoms with Crippen LogP contribution in [-0.4, -0.2) is 162 Å². The molecule has 0 amide bonds. The van der Waals surface area contributed by atoms with E-state index in [4.69, 9.17) is 31.8 Å². The monoisotopic (exact) mass is 796 g/mol. The molecule has 0 saturated carbocycles. The number of aliphatic carboxylic acids is 2. The van der Waals surface area contributed by atoms with Crippen LogP contribution < -0.4 is 27.6 Å². The second kappa shape index (κ2) is 18.1. The predicted octanol–water partition coefficient (Wildman–Crippen LogP) is -4.43. The molecular weight excluding hydrogens is 753 g/mol. The van der Waals surface area contributed by atoms with Crippen LogP contribution in [0.4, 0.5) is 11.6 Å². The molecule has 2 saturated heterocycles. The molecule has 4 aromatic heterocycles. The minimum absolute atomic E-state index is 0.0332. The van der Waals surface area contributed by atoms with Gasteiger partial charge in [0.2, 0.25) is 0 Å². The van der Waals surface area contributed by atoms with Gasteiger partial charge in [-0.1, -0.05) is 0 Å². The Bertz CT molecular complexity index is 1890. The molecule has 296 valence electrons. The van der Waals surface area contributed by atoms with Crippen LogP contribution in [0.1, 0.15) is 25.3 Å². The highest BCUT2D eigenvalue weighted by molar-refractivity contribution is 7.98. The Balaban J connectivity index is 0.000000208. The van der Waals surface area contributed by atoms with Gasteiger partial charge in [0.15, 0.2) is 35.4 Å². The highest BCUT2D eigenvalue weighted by Crippen LogP contribution is 2.33. The number of aromatic nitrogens is 8. The number of ether oxygens (including phenoxy) is 2. The topological polar surface area (TPSA) is 354 Å². The molecule has 0 aliphatic carbocycles. The Morgan fingerprint density at radius 2 is 1.41 bits per heavy atom. The molecule has 6 rings (SSSR count). The average Bonchev–Trinajstić information content (AvgIpc) is 3.90. The summed E-state index contributed by atoms with van der Waals surface area (Å²) >= 11 is 1.52. The Kier molecular flexibility index (Phi) is 13.8. The molecule has 12 N–H and O–H groups in total. The van der Waals surface area contributed by atoms with E-state index in [1.165, 1.54) is 46.2 Å². The number of aliphatic hydroxyl groups is 4. The van der Waals surface area contributed by atoms with E-state index in [2.05, 4.69) is 35.2 Å². The van der Waals surface area contributed by atoms with Crippen molar-refractivity contribution in [2.75, 3.05) is 47.8 Å². The van der Waals surface area contributed by atoms with Gasteiger partial charge in [0.05, 0.1) is 24.9 Å². The summed E-state index contributed by atoms with van der Waals surface area (Å²) in [5.74, 6) is -0.130. The van der Waals surface area contributed by atoms with E-state index in [9.17, 15) is 35.1 Å². The van der Waals surface area contributed by atoms with Crippen molar-refractivity contribution in [3.05, 3.63) is 25.3 Å². The standard InChI is InChI=1S/2C15H22N6O5S/c1-27-3-2-7(15(24)25)17-4-8-10(22)11(23)14(26-8)21-6-20-9-12(16)18-5-19-13(9)21;1-27(3-2-7(16)15(24)25)4-8-10(22)11(23)14(26-8)21-6-20-9-12(17)18-5-19-13(9)21/h5-8,10-11,14,17,22-23H,2-4H2,1H3,(H,24,25)(H2,16,18,19);5-8,10-11,14,22-23H,2-4,16H2,1H3,(H2-,17,18,19,24,25)/t7-,8+,10+,11+,14+;7-,8+,10+,11+,14+,27?/m00/s1. The highest BCUT2D eigenvalue weighted by atomic mass is 32.2. The van der Waals surface area contributed by atoms with Crippen molar-refractivity contribution < 1.29 is 49.7 Å². The second-order valence-electron chi connectivity index (χ2n) is 12.7. The summed E-state index contributed by atoms with van der Waals surface area (Å²) in [5, 5.41) is 64.4. The molecule has 22 nitrogen and oxygen atoms in total. The smallest absolute Gasteiger partial charge is 0.320 e. The minimum atomic E-state index is -1.25. The summed E-state index contributed by atoms with van der Waals surface area (Å²) in [5.41, 5.74) is 18.6. The lowest BCUT2D eigenvalue weighted by Crippen LogP contribution is -2.49. The first-order valence-electron chi connectivity index (χ1n) is 16.6. The zero-order valence-corrected chi connectivity index (χ0v) is 30.9. The number of imidazole rings is 2. The van der Waals surface area contributed by atoms with Crippen LogP contribution in [-0.2, 0) is 30.0 Å². The second-order valence-corrected chi connectivity index (χ2v) is 16.0. The van der Waals surface area contributed by atoms with Crippen molar-refractivity contribution in [1.29, 1.82) is 0 Å². The number of carbonyl (C=O) groups excluding carboxylic acids is 1. The van der Waals surface area contributed by atoms with E-state index in [0.717, 1.165) is 0 Å². The lowest BCUT2D eigenvalue weighted by molar-refractivity contribution is -0.308. The number of fused-ring (bicyclic) bond motifs is 2. The number of aliphatic hydroxyl groups excluding tert-OH is 4. The quantitative estimate of drug-likeness (QED) is 0.0512. The van der Waals surface area contributed by atoms with Crippen LogP contribution in [0.3, 0.4) is 0 Å². The summed E-state index contributed by atoms with van der Waals surface area (Å²) in [4.78, 5) is 46.2. The first-order chi connectivity index (χ1) is 25.7. The van der Waals surface area contributed by atoms with Crippen LogP contribution in [0.25, 0.3) is 22.3 Å². The number of carboxylic acids is 2. The van der Waals surface area contributed by atoms with Crippen molar-refractivity contribution in [1.82, 2.24) is 44.4 Å². The number of rotatable bonds is 15. The number of nitrogens with two attached hydrogens (primary N) is 3. The van der Waals surface area contributed by atoms with Crippen molar-refractivity contribution in [3.63, 3.8) is 0 Å². The molecule has 0 bridgehead atoms. The number of nitrogens with one attached hydrogen (secondary N) is 1. The number of hydrogen-bond donors (Lipinski definition) is 9. The van der Waals surface area contributed by atoms with E-state index in [0.29, 0.717) is 52.4 Å². The molecule has 54 heavy (non-hydrogen) atoms. The molecule has 24 heteroatoms. The first kappa shape index (κ1) is 41.2. The molecule has 2 fully saturated rings. The zero-order chi connectivity index (χ0) is 39.3. The van der Waals surface area contributed by atoms with Crippen LogP contribution in [0.5, 0.6) is 0 Å². The normalized spacial score (nSPS) is 27.1. The van der Waals surface area contributed by atoms with Gasteiger partial charge in [-0.2, -0.15) is 11.8 Å². The van der Waals surface area contributed by atoms with Gasteiger partial charge in [-0.15, -0.1) is 0 Å².